The van der Waals surface area contributed by atoms with Crippen LogP contribution in [-0.4, -0.2) is 17.5 Å². The van der Waals surface area contributed by atoms with Crippen molar-refractivity contribution in [3.63, 3.8) is 0 Å². The van der Waals surface area contributed by atoms with Crippen LogP contribution in [0.5, 0.6) is 0 Å². The van der Waals surface area contributed by atoms with E-state index < -0.39 is 11.7 Å². The van der Waals surface area contributed by atoms with Crippen molar-refractivity contribution in [3.05, 3.63) is 11.3 Å². The molecule has 0 aliphatic carbocycles. The number of rotatable bonds is 2. The largest absolute Gasteiger partial charge is 0.444 e. The van der Waals surface area contributed by atoms with Crippen molar-refractivity contribution in [1.82, 2.24) is 5.32 Å². The first-order chi connectivity index (χ1) is 6.63. The first kappa shape index (κ1) is 13.7. The van der Waals surface area contributed by atoms with Crippen molar-refractivity contribution in [1.29, 1.82) is 0 Å². The summed E-state index contributed by atoms with van der Waals surface area (Å²) in [5.74, 6) is -0.180. The Morgan fingerprint density at radius 3 is 1.80 bits per heavy atom. The van der Waals surface area contributed by atoms with E-state index in [0.29, 0.717) is 5.70 Å². The van der Waals surface area contributed by atoms with Crippen LogP contribution in [0, 0.1) is 0 Å². The zero-order chi connectivity index (χ0) is 12.2. The van der Waals surface area contributed by atoms with Crippen molar-refractivity contribution < 1.29 is 14.3 Å². The van der Waals surface area contributed by atoms with E-state index >= 15 is 0 Å². The molecule has 0 rings (SSSR count). The molecule has 0 heterocycles. The quantitative estimate of drug-likeness (QED) is 0.716. The van der Waals surface area contributed by atoms with Gasteiger partial charge >= 0.3 is 6.09 Å². The topological polar surface area (TPSA) is 55.4 Å². The van der Waals surface area contributed by atoms with Crippen molar-refractivity contribution in [3.8, 4) is 0 Å². The highest BCUT2D eigenvalue weighted by atomic mass is 16.6. The Morgan fingerprint density at radius 2 is 1.53 bits per heavy atom. The molecule has 0 aliphatic heterocycles. The lowest BCUT2D eigenvalue weighted by molar-refractivity contribution is -0.114. The van der Waals surface area contributed by atoms with Crippen LogP contribution in [-0.2, 0) is 9.53 Å². The molecule has 86 valence electrons. The maximum atomic E-state index is 11.4. The normalized spacial score (nSPS) is 10.5. The Morgan fingerprint density at radius 1 is 1.07 bits per heavy atom. The molecule has 4 heteroatoms. The van der Waals surface area contributed by atoms with Gasteiger partial charge in [-0.1, -0.05) is 0 Å². The van der Waals surface area contributed by atoms with Crippen molar-refractivity contribution in [2.45, 2.75) is 47.1 Å². The van der Waals surface area contributed by atoms with Crippen molar-refractivity contribution >= 4 is 11.9 Å². The summed E-state index contributed by atoms with van der Waals surface area (Å²) in [6.07, 6.45) is -0.603. The SMILES string of the molecule is CC(=O)C(NC(=O)OC(C)(C)C)=C(C)C. The number of amides is 1. The minimum atomic E-state index is -0.603. The van der Waals surface area contributed by atoms with E-state index in [9.17, 15) is 9.59 Å². The third kappa shape index (κ3) is 5.88. The summed E-state index contributed by atoms with van der Waals surface area (Å²) in [5.41, 5.74) is 0.491. The summed E-state index contributed by atoms with van der Waals surface area (Å²) in [7, 11) is 0. The molecule has 0 spiro atoms. The fourth-order valence-electron chi connectivity index (χ4n) is 0.971. The van der Waals surface area contributed by atoms with Gasteiger partial charge in [0.15, 0.2) is 5.78 Å². The molecule has 1 N–H and O–H groups in total. The second kappa shape index (κ2) is 4.96. The van der Waals surface area contributed by atoms with Gasteiger partial charge in [-0.15, -0.1) is 0 Å². The Kier molecular flexibility index (Phi) is 4.52. The summed E-state index contributed by atoms with van der Waals surface area (Å²) < 4.78 is 5.03. The van der Waals surface area contributed by atoms with Gasteiger partial charge in [0.2, 0.25) is 0 Å². The number of carbonyl (C=O) groups is 2. The molecular weight excluding hydrogens is 194 g/mol. The molecule has 1 amide bonds. The number of ketones is 1. The van der Waals surface area contributed by atoms with Crippen molar-refractivity contribution in [2.24, 2.45) is 0 Å². The molecule has 0 saturated carbocycles. The van der Waals surface area contributed by atoms with E-state index in [0.717, 1.165) is 5.57 Å². The highest BCUT2D eigenvalue weighted by molar-refractivity contribution is 5.96. The maximum absolute atomic E-state index is 11.4. The standard InChI is InChI=1S/C11H19NO3/c1-7(2)9(8(3)13)12-10(14)15-11(4,5)6/h1-6H3,(H,12,14). The van der Waals surface area contributed by atoms with E-state index in [1.165, 1.54) is 6.92 Å². The Balaban J connectivity index is 4.54. The molecule has 0 fully saturated rings. The van der Waals surface area contributed by atoms with Gasteiger partial charge in [0, 0.05) is 6.92 Å². The van der Waals surface area contributed by atoms with Gasteiger partial charge in [0.05, 0.1) is 5.70 Å². The van der Waals surface area contributed by atoms with Crippen LogP contribution < -0.4 is 5.32 Å². The molecule has 4 nitrogen and oxygen atoms in total. The molecule has 0 aromatic heterocycles. The minimum Gasteiger partial charge on any atom is -0.444 e. The Hall–Kier alpha value is -1.32. The molecular formula is C11H19NO3. The third-order valence-corrected chi connectivity index (χ3v) is 1.48. The minimum absolute atomic E-state index is 0.180. The second-order valence-corrected chi connectivity index (χ2v) is 4.56. The lowest BCUT2D eigenvalue weighted by atomic mass is 10.2. The average Bonchev–Trinajstić information content (AvgIpc) is 1.95. The Bertz CT molecular complexity index is 293. The zero-order valence-corrected chi connectivity index (χ0v) is 10.2. The van der Waals surface area contributed by atoms with Gasteiger partial charge in [-0.05, 0) is 40.2 Å². The number of Topliss-reactive ketones (excluding diaryl/α,β-unsaturated/α-hetero) is 1. The molecule has 0 bridgehead atoms. The van der Waals surface area contributed by atoms with E-state index in [1.54, 1.807) is 34.6 Å². The second-order valence-electron chi connectivity index (χ2n) is 4.56. The number of nitrogens with one attached hydrogen (secondary N) is 1. The molecule has 0 aromatic rings. The van der Waals surface area contributed by atoms with Crippen LogP contribution in [0.15, 0.2) is 11.3 Å². The Labute approximate surface area is 90.7 Å². The summed E-state index contributed by atoms with van der Waals surface area (Å²) in [4.78, 5) is 22.5. The summed E-state index contributed by atoms with van der Waals surface area (Å²) in [6, 6.07) is 0. The van der Waals surface area contributed by atoms with Gasteiger partial charge in [-0.25, -0.2) is 4.79 Å². The van der Waals surface area contributed by atoms with Gasteiger partial charge in [0.25, 0.3) is 0 Å². The van der Waals surface area contributed by atoms with Crippen LogP contribution in [0.2, 0.25) is 0 Å². The maximum Gasteiger partial charge on any atom is 0.412 e. The van der Waals surface area contributed by atoms with Gasteiger partial charge in [0.1, 0.15) is 5.60 Å². The van der Waals surface area contributed by atoms with Crippen LogP contribution in [0.25, 0.3) is 0 Å². The smallest absolute Gasteiger partial charge is 0.412 e. The van der Waals surface area contributed by atoms with Crippen LogP contribution in [0.4, 0.5) is 4.79 Å². The van der Waals surface area contributed by atoms with Crippen molar-refractivity contribution in [2.75, 3.05) is 0 Å². The number of hydrogen-bond donors (Lipinski definition) is 1. The lowest BCUT2D eigenvalue weighted by Gasteiger charge is -2.20. The number of alkyl carbamates (subject to hydrolysis) is 1. The van der Waals surface area contributed by atoms with Gasteiger partial charge in [-0.3, -0.25) is 10.1 Å². The fraction of sp³-hybridized carbons (Fsp3) is 0.636. The number of ether oxygens (including phenoxy) is 1. The highest BCUT2D eigenvalue weighted by Crippen LogP contribution is 2.08. The third-order valence-electron chi connectivity index (χ3n) is 1.48. The van der Waals surface area contributed by atoms with E-state index in [-0.39, 0.29) is 5.78 Å². The van der Waals surface area contributed by atoms with E-state index in [2.05, 4.69) is 5.32 Å². The lowest BCUT2D eigenvalue weighted by Crippen LogP contribution is -2.34. The van der Waals surface area contributed by atoms with Crippen LogP contribution in [0.1, 0.15) is 41.5 Å². The molecule has 0 aliphatic rings. The summed E-state index contributed by atoms with van der Waals surface area (Å²) in [6.45, 7) is 10.2. The van der Waals surface area contributed by atoms with Gasteiger partial charge in [-0.2, -0.15) is 0 Å². The van der Waals surface area contributed by atoms with Crippen LogP contribution in [0.3, 0.4) is 0 Å². The summed E-state index contributed by atoms with van der Waals surface area (Å²) in [5, 5.41) is 2.44. The summed E-state index contributed by atoms with van der Waals surface area (Å²) >= 11 is 0. The monoisotopic (exact) mass is 213 g/mol. The molecule has 0 aromatic carbocycles. The highest BCUT2D eigenvalue weighted by Gasteiger charge is 2.18. The van der Waals surface area contributed by atoms with Crippen LogP contribution >= 0.6 is 0 Å². The van der Waals surface area contributed by atoms with Gasteiger partial charge < -0.3 is 4.74 Å². The molecule has 0 radical (unpaired) electrons. The first-order valence-electron chi connectivity index (χ1n) is 4.82. The zero-order valence-electron chi connectivity index (χ0n) is 10.2. The molecule has 0 atom stereocenters. The number of allylic oxidation sites excluding steroid dienone is 2. The predicted molar refractivity (Wildman–Crippen MR) is 58.4 cm³/mol. The van der Waals surface area contributed by atoms with E-state index in [4.69, 9.17) is 4.74 Å². The first-order valence-corrected chi connectivity index (χ1v) is 4.82. The fourth-order valence-corrected chi connectivity index (χ4v) is 0.971. The average molecular weight is 213 g/mol. The molecule has 15 heavy (non-hydrogen) atoms. The molecule has 0 unspecified atom stereocenters. The number of hydrogen-bond acceptors (Lipinski definition) is 3. The number of carbonyl (C=O) groups excluding carboxylic acids is 2. The van der Waals surface area contributed by atoms with E-state index in [1.807, 2.05) is 0 Å². The molecule has 0 saturated heterocycles. The predicted octanol–water partition coefficient (Wildman–Crippen LogP) is 2.39.